The third kappa shape index (κ3) is 4.26. The summed E-state index contributed by atoms with van der Waals surface area (Å²) < 4.78 is 47.8. The highest BCUT2D eigenvalue weighted by Gasteiger charge is 2.08. The van der Waals surface area contributed by atoms with E-state index in [4.69, 9.17) is 0 Å². The average Bonchev–Trinajstić information content (AvgIpc) is 2.45. The Bertz CT molecular complexity index is 713. The second kappa shape index (κ2) is 6.22. The molecule has 0 saturated carbocycles. The summed E-state index contributed by atoms with van der Waals surface area (Å²) in [5, 5.41) is 3.07. The van der Waals surface area contributed by atoms with Crippen molar-refractivity contribution in [2.75, 3.05) is 11.6 Å². The first-order chi connectivity index (χ1) is 9.86. The Morgan fingerprint density at radius 3 is 2.33 bits per heavy atom. The highest BCUT2D eigenvalue weighted by molar-refractivity contribution is 7.90. The normalized spacial score (nSPS) is 11.6. The van der Waals surface area contributed by atoms with E-state index in [1.165, 1.54) is 18.2 Å². The second-order valence-electron chi connectivity index (χ2n) is 4.70. The fourth-order valence-corrected chi connectivity index (χ4v) is 2.49. The summed E-state index contributed by atoms with van der Waals surface area (Å²) in [7, 11) is -3.25. The van der Waals surface area contributed by atoms with Crippen molar-refractivity contribution in [3.8, 4) is 0 Å². The van der Waals surface area contributed by atoms with Crippen molar-refractivity contribution >= 4 is 15.5 Å². The Labute approximate surface area is 122 Å². The minimum Gasteiger partial charge on any atom is -0.381 e. The highest BCUT2D eigenvalue weighted by atomic mass is 32.2. The van der Waals surface area contributed by atoms with Crippen LogP contribution >= 0.6 is 0 Å². The summed E-state index contributed by atoms with van der Waals surface area (Å²) in [6, 6.07) is 12.5. The van der Waals surface area contributed by atoms with Gasteiger partial charge in [-0.05, 0) is 23.8 Å². The number of sulfone groups is 1. The van der Waals surface area contributed by atoms with Crippen molar-refractivity contribution in [2.24, 2.45) is 0 Å². The molecule has 0 bridgehead atoms. The van der Waals surface area contributed by atoms with Gasteiger partial charge in [-0.3, -0.25) is 0 Å². The summed E-state index contributed by atoms with van der Waals surface area (Å²) in [5.41, 5.74) is 1.48. The summed E-state index contributed by atoms with van der Waals surface area (Å²) >= 11 is 0. The van der Waals surface area contributed by atoms with Gasteiger partial charge in [0.25, 0.3) is 6.43 Å². The van der Waals surface area contributed by atoms with Crippen LogP contribution in [-0.2, 0) is 16.4 Å². The minimum absolute atomic E-state index is 0.0159. The van der Waals surface area contributed by atoms with E-state index in [1.807, 2.05) is 0 Å². The maximum Gasteiger partial charge on any atom is 0.263 e. The SMILES string of the molecule is CS(=O)(=O)c1cccc(NCc2ccc(C(F)F)cc2)c1. The number of rotatable bonds is 5. The molecule has 21 heavy (non-hydrogen) atoms. The van der Waals surface area contributed by atoms with Gasteiger partial charge in [-0.25, -0.2) is 17.2 Å². The smallest absolute Gasteiger partial charge is 0.263 e. The quantitative estimate of drug-likeness (QED) is 0.917. The van der Waals surface area contributed by atoms with Gasteiger partial charge in [-0.2, -0.15) is 0 Å². The molecule has 3 nitrogen and oxygen atoms in total. The van der Waals surface area contributed by atoms with Gasteiger partial charge in [0.15, 0.2) is 9.84 Å². The molecule has 0 fully saturated rings. The first-order valence-corrected chi connectivity index (χ1v) is 8.16. The number of nitrogens with one attached hydrogen (secondary N) is 1. The minimum atomic E-state index is -3.25. The fourth-order valence-electron chi connectivity index (χ4n) is 1.82. The van der Waals surface area contributed by atoms with Gasteiger partial charge in [0.1, 0.15) is 0 Å². The third-order valence-electron chi connectivity index (χ3n) is 2.99. The molecule has 0 aliphatic carbocycles. The molecular formula is C15H15F2NO2S. The van der Waals surface area contributed by atoms with Crippen LogP contribution in [0.5, 0.6) is 0 Å². The molecule has 6 heteroatoms. The molecule has 0 aliphatic rings. The average molecular weight is 311 g/mol. The van der Waals surface area contributed by atoms with Gasteiger partial charge in [0.2, 0.25) is 0 Å². The molecule has 0 atom stereocenters. The summed E-state index contributed by atoms with van der Waals surface area (Å²) in [5.74, 6) is 0. The molecule has 0 unspecified atom stereocenters. The molecule has 2 rings (SSSR count). The molecule has 1 N–H and O–H groups in total. The van der Waals surface area contributed by atoms with Crippen LogP contribution in [0.15, 0.2) is 53.4 Å². The van der Waals surface area contributed by atoms with Crippen molar-refractivity contribution < 1.29 is 17.2 Å². The third-order valence-corrected chi connectivity index (χ3v) is 4.10. The number of anilines is 1. The summed E-state index contributed by atoms with van der Waals surface area (Å²) in [4.78, 5) is 0.237. The van der Waals surface area contributed by atoms with Crippen molar-refractivity contribution in [3.05, 3.63) is 59.7 Å². The molecular weight excluding hydrogens is 296 g/mol. The zero-order valence-corrected chi connectivity index (χ0v) is 12.2. The van der Waals surface area contributed by atoms with Crippen molar-refractivity contribution in [2.45, 2.75) is 17.9 Å². The van der Waals surface area contributed by atoms with Gasteiger partial charge in [0, 0.05) is 24.1 Å². The number of hydrogen-bond donors (Lipinski definition) is 1. The Morgan fingerprint density at radius 2 is 1.76 bits per heavy atom. The van der Waals surface area contributed by atoms with Crippen LogP contribution in [0.25, 0.3) is 0 Å². The maximum absolute atomic E-state index is 12.4. The molecule has 0 aromatic heterocycles. The van der Waals surface area contributed by atoms with E-state index in [2.05, 4.69) is 5.32 Å². The summed E-state index contributed by atoms with van der Waals surface area (Å²) in [6.07, 6.45) is -1.33. The Morgan fingerprint density at radius 1 is 1.10 bits per heavy atom. The monoisotopic (exact) mass is 311 g/mol. The lowest BCUT2D eigenvalue weighted by molar-refractivity contribution is 0.151. The molecule has 2 aromatic carbocycles. The Kier molecular flexibility index (Phi) is 4.57. The summed E-state index contributed by atoms with van der Waals surface area (Å²) in [6.45, 7) is 0.427. The predicted molar refractivity (Wildman–Crippen MR) is 78.3 cm³/mol. The maximum atomic E-state index is 12.4. The molecule has 0 aliphatic heterocycles. The lowest BCUT2D eigenvalue weighted by Gasteiger charge is -2.08. The van der Waals surface area contributed by atoms with Crippen LogP contribution in [0.4, 0.5) is 14.5 Å². The van der Waals surface area contributed by atoms with Crippen LogP contribution in [0.3, 0.4) is 0 Å². The number of benzene rings is 2. The topological polar surface area (TPSA) is 46.2 Å². The second-order valence-corrected chi connectivity index (χ2v) is 6.71. The number of halogens is 2. The highest BCUT2D eigenvalue weighted by Crippen LogP contribution is 2.20. The fraction of sp³-hybridized carbons (Fsp3) is 0.200. The number of hydrogen-bond acceptors (Lipinski definition) is 3. The molecule has 2 aromatic rings. The van der Waals surface area contributed by atoms with E-state index in [-0.39, 0.29) is 10.5 Å². The predicted octanol–water partition coefficient (Wildman–Crippen LogP) is 3.64. The van der Waals surface area contributed by atoms with Gasteiger partial charge in [-0.1, -0.05) is 30.3 Å². The lowest BCUT2D eigenvalue weighted by atomic mass is 10.1. The van der Waals surface area contributed by atoms with Crippen LogP contribution < -0.4 is 5.32 Å². The molecule has 0 radical (unpaired) electrons. The van der Waals surface area contributed by atoms with Crippen molar-refractivity contribution in [1.29, 1.82) is 0 Å². The van der Waals surface area contributed by atoms with E-state index in [0.29, 0.717) is 12.2 Å². The Hall–Kier alpha value is -1.95. The standard InChI is InChI=1S/C15H15F2NO2S/c1-21(19,20)14-4-2-3-13(9-14)18-10-11-5-7-12(8-6-11)15(16)17/h2-9,15,18H,10H2,1H3. The molecule has 112 valence electrons. The van der Waals surface area contributed by atoms with Gasteiger partial charge in [-0.15, -0.1) is 0 Å². The Balaban J connectivity index is 2.06. The largest absolute Gasteiger partial charge is 0.381 e. The van der Waals surface area contributed by atoms with Gasteiger partial charge in [0.05, 0.1) is 4.90 Å². The zero-order chi connectivity index (χ0) is 15.5. The van der Waals surface area contributed by atoms with Crippen LogP contribution in [0, 0.1) is 0 Å². The molecule has 0 heterocycles. The van der Waals surface area contributed by atoms with Gasteiger partial charge < -0.3 is 5.32 Å². The van der Waals surface area contributed by atoms with E-state index in [1.54, 1.807) is 30.3 Å². The first-order valence-electron chi connectivity index (χ1n) is 6.27. The lowest BCUT2D eigenvalue weighted by Crippen LogP contribution is -2.02. The number of alkyl halides is 2. The van der Waals surface area contributed by atoms with Crippen LogP contribution in [-0.4, -0.2) is 14.7 Å². The van der Waals surface area contributed by atoms with Crippen LogP contribution in [0.2, 0.25) is 0 Å². The van der Waals surface area contributed by atoms with E-state index >= 15 is 0 Å². The van der Waals surface area contributed by atoms with Gasteiger partial charge >= 0.3 is 0 Å². The van der Waals surface area contributed by atoms with Crippen LogP contribution in [0.1, 0.15) is 17.6 Å². The zero-order valence-electron chi connectivity index (χ0n) is 11.4. The molecule has 0 amide bonds. The van der Waals surface area contributed by atoms with Crippen molar-refractivity contribution in [1.82, 2.24) is 0 Å². The molecule has 0 spiro atoms. The van der Waals surface area contributed by atoms with Crippen molar-refractivity contribution in [3.63, 3.8) is 0 Å². The van der Waals surface area contributed by atoms with E-state index < -0.39 is 16.3 Å². The first kappa shape index (κ1) is 15.4. The molecule has 0 saturated heterocycles. The van der Waals surface area contributed by atoms with E-state index in [0.717, 1.165) is 11.8 Å². The van der Waals surface area contributed by atoms with E-state index in [9.17, 15) is 17.2 Å².